The number of carbonyl (C=O) groups excluding carboxylic acids is 1. The maximum absolute atomic E-state index is 9.90. The van der Waals surface area contributed by atoms with Crippen LogP contribution in [0.5, 0.6) is 0 Å². The summed E-state index contributed by atoms with van der Waals surface area (Å²) < 4.78 is 0. The lowest BCUT2D eigenvalue weighted by molar-refractivity contribution is -0.111. The molecule has 74 valence electrons. The lowest BCUT2D eigenvalue weighted by Gasteiger charge is -1.99. The van der Waals surface area contributed by atoms with Gasteiger partial charge >= 0.3 is 0 Å². The van der Waals surface area contributed by atoms with Crippen LogP contribution in [0, 0.1) is 0 Å². The fraction of sp³-hybridized carbons (Fsp3) is 0.111. The fourth-order valence-corrected chi connectivity index (χ4v) is 1.29. The number of oxime groups is 1. The molecule has 1 aromatic rings. The minimum absolute atomic E-state index is 0.0848. The Morgan fingerprint density at radius 1 is 1.36 bits per heavy atom. The van der Waals surface area contributed by atoms with E-state index in [1.54, 1.807) is 18.2 Å². The Balaban J connectivity index is 2.75. The maximum Gasteiger partial charge on any atom is 0.172 e. The molecule has 0 saturated carbocycles. The SMILES string of the molecule is O=CCON=Cc1c(Cl)cccc1Cl. The van der Waals surface area contributed by atoms with Crippen molar-refractivity contribution in [1.29, 1.82) is 0 Å². The molecule has 5 heteroatoms. The normalized spacial score (nSPS) is 10.4. The van der Waals surface area contributed by atoms with Gasteiger partial charge < -0.3 is 4.84 Å². The molecule has 0 amide bonds. The molecular weight excluding hydrogens is 225 g/mol. The van der Waals surface area contributed by atoms with Crippen molar-refractivity contribution in [3.05, 3.63) is 33.8 Å². The summed E-state index contributed by atoms with van der Waals surface area (Å²) in [5, 5.41) is 4.49. The van der Waals surface area contributed by atoms with Crippen molar-refractivity contribution in [1.82, 2.24) is 0 Å². The van der Waals surface area contributed by atoms with E-state index in [0.29, 0.717) is 21.9 Å². The third-order valence-corrected chi connectivity index (χ3v) is 2.06. The first-order valence-corrected chi connectivity index (χ1v) is 4.54. The molecule has 0 bridgehead atoms. The summed E-state index contributed by atoms with van der Waals surface area (Å²) in [6.07, 6.45) is 1.97. The summed E-state index contributed by atoms with van der Waals surface area (Å²) in [5.41, 5.74) is 0.571. The molecule has 0 unspecified atom stereocenters. The highest BCUT2D eigenvalue weighted by Gasteiger charge is 2.01. The quantitative estimate of drug-likeness (QED) is 0.346. The fourth-order valence-electron chi connectivity index (χ4n) is 0.797. The van der Waals surface area contributed by atoms with Gasteiger partial charge in [0, 0.05) is 5.56 Å². The summed E-state index contributed by atoms with van der Waals surface area (Å²) in [5.74, 6) is 0. The molecule has 0 aromatic heterocycles. The summed E-state index contributed by atoms with van der Waals surface area (Å²) in [4.78, 5) is 14.5. The molecule has 3 nitrogen and oxygen atoms in total. The van der Waals surface area contributed by atoms with Gasteiger partial charge in [0.05, 0.1) is 16.3 Å². The molecule has 0 atom stereocenters. The van der Waals surface area contributed by atoms with E-state index in [-0.39, 0.29) is 6.61 Å². The van der Waals surface area contributed by atoms with Gasteiger partial charge in [-0.2, -0.15) is 0 Å². The zero-order valence-corrected chi connectivity index (χ0v) is 8.63. The van der Waals surface area contributed by atoms with Crippen LogP contribution >= 0.6 is 23.2 Å². The lowest BCUT2D eigenvalue weighted by Crippen LogP contribution is -1.90. The first kappa shape index (κ1) is 11.0. The number of hydrogen-bond donors (Lipinski definition) is 0. The van der Waals surface area contributed by atoms with E-state index < -0.39 is 0 Å². The summed E-state index contributed by atoms with van der Waals surface area (Å²) >= 11 is 11.7. The highest BCUT2D eigenvalue weighted by molar-refractivity contribution is 6.38. The predicted molar refractivity (Wildman–Crippen MR) is 56.1 cm³/mol. The van der Waals surface area contributed by atoms with E-state index in [0.717, 1.165) is 0 Å². The van der Waals surface area contributed by atoms with Crippen molar-refractivity contribution in [3.8, 4) is 0 Å². The molecular formula is C9H7Cl2NO2. The highest BCUT2D eigenvalue weighted by atomic mass is 35.5. The number of aldehydes is 1. The molecule has 0 radical (unpaired) electrons. The molecule has 1 aromatic carbocycles. The Morgan fingerprint density at radius 2 is 2.00 bits per heavy atom. The monoisotopic (exact) mass is 231 g/mol. The average Bonchev–Trinajstić information content (AvgIpc) is 2.16. The molecule has 0 N–H and O–H groups in total. The number of rotatable bonds is 4. The molecule has 0 aliphatic carbocycles. The molecule has 0 spiro atoms. The lowest BCUT2D eigenvalue weighted by atomic mass is 10.2. The highest BCUT2D eigenvalue weighted by Crippen LogP contribution is 2.22. The standard InChI is InChI=1S/C9H7Cl2NO2/c10-8-2-1-3-9(11)7(8)6-12-14-5-4-13/h1-4,6H,5H2. The van der Waals surface area contributed by atoms with Crippen LogP contribution < -0.4 is 0 Å². The van der Waals surface area contributed by atoms with Crippen LogP contribution in [0.1, 0.15) is 5.56 Å². The Hall–Kier alpha value is -1.06. The van der Waals surface area contributed by atoms with Crippen LogP contribution in [0.4, 0.5) is 0 Å². The molecule has 14 heavy (non-hydrogen) atoms. The van der Waals surface area contributed by atoms with Gasteiger partial charge in [0.1, 0.15) is 0 Å². The Kier molecular flexibility index (Phi) is 4.43. The van der Waals surface area contributed by atoms with Crippen molar-refractivity contribution >= 4 is 35.7 Å². The smallest absolute Gasteiger partial charge is 0.172 e. The summed E-state index contributed by atoms with van der Waals surface area (Å²) in [7, 11) is 0. The Morgan fingerprint density at radius 3 is 2.57 bits per heavy atom. The minimum atomic E-state index is -0.0848. The van der Waals surface area contributed by atoms with Gasteiger partial charge in [0.2, 0.25) is 0 Å². The van der Waals surface area contributed by atoms with E-state index in [2.05, 4.69) is 9.99 Å². The third kappa shape index (κ3) is 3.01. The minimum Gasteiger partial charge on any atom is -0.388 e. The first-order valence-electron chi connectivity index (χ1n) is 3.78. The van der Waals surface area contributed by atoms with Crippen molar-refractivity contribution < 1.29 is 9.63 Å². The molecule has 0 aliphatic rings. The van der Waals surface area contributed by atoms with Crippen LogP contribution in [0.25, 0.3) is 0 Å². The van der Waals surface area contributed by atoms with E-state index in [1.807, 2.05) is 0 Å². The third-order valence-electron chi connectivity index (χ3n) is 1.40. The second-order valence-corrected chi connectivity index (χ2v) is 3.15. The van der Waals surface area contributed by atoms with Gasteiger partial charge in [0.15, 0.2) is 12.9 Å². The van der Waals surface area contributed by atoms with Crippen molar-refractivity contribution in [2.24, 2.45) is 5.16 Å². The number of benzene rings is 1. The van der Waals surface area contributed by atoms with Crippen LogP contribution in [0.15, 0.2) is 23.4 Å². The molecule has 0 saturated heterocycles. The second-order valence-electron chi connectivity index (χ2n) is 2.33. The number of nitrogens with zero attached hydrogens (tertiary/aromatic N) is 1. The Bertz CT molecular complexity index is 332. The van der Waals surface area contributed by atoms with Crippen LogP contribution in [-0.4, -0.2) is 19.1 Å². The zero-order valence-electron chi connectivity index (χ0n) is 7.11. The van der Waals surface area contributed by atoms with Gasteiger partial charge in [-0.15, -0.1) is 0 Å². The van der Waals surface area contributed by atoms with Crippen LogP contribution in [0.3, 0.4) is 0 Å². The van der Waals surface area contributed by atoms with Crippen LogP contribution in [0.2, 0.25) is 10.0 Å². The first-order chi connectivity index (χ1) is 6.75. The van der Waals surface area contributed by atoms with Crippen molar-refractivity contribution in [2.75, 3.05) is 6.61 Å². The van der Waals surface area contributed by atoms with Gasteiger partial charge in [-0.1, -0.05) is 34.4 Å². The Labute approximate surface area is 91.3 Å². The summed E-state index contributed by atoms with van der Waals surface area (Å²) in [6, 6.07) is 5.11. The number of hydrogen-bond acceptors (Lipinski definition) is 3. The molecule has 0 fully saturated rings. The number of carbonyl (C=O) groups is 1. The van der Waals surface area contributed by atoms with Gasteiger partial charge in [0.25, 0.3) is 0 Å². The maximum atomic E-state index is 9.90. The van der Waals surface area contributed by atoms with E-state index in [9.17, 15) is 4.79 Å². The van der Waals surface area contributed by atoms with E-state index in [4.69, 9.17) is 23.2 Å². The second kappa shape index (κ2) is 5.62. The van der Waals surface area contributed by atoms with Crippen LogP contribution in [-0.2, 0) is 9.63 Å². The number of halogens is 2. The van der Waals surface area contributed by atoms with E-state index in [1.165, 1.54) is 6.21 Å². The van der Waals surface area contributed by atoms with Crippen molar-refractivity contribution in [3.63, 3.8) is 0 Å². The topological polar surface area (TPSA) is 38.7 Å². The van der Waals surface area contributed by atoms with Gasteiger partial charge in [-0.25, -0.2) is 0 Å². The average molecular weight is 232 g/mol. The molecule has 0 aliphatic heterocycles. The van der Waals surface area contributed by atoms with Crippen molar-refractivity contribution in [2.45, 2.75) is 0 Å². The predicted octanol–water partition coefficient (Wildman–Crippen LogP) is 2.54. The molecule has 1 rings (SSSR count). The largest absolute Gasteiger partial charge is 0.388 e. The zero-order chi connectivity index (χ0) is 10.4. The molecule has 0 heterocycles. The summed E-state index contributed by atoms with van der Waals surface area (Å²) in [6.45, 7) is -0.0848. The van der Waals surface area contributed by atoms with E-state index >= 15 is 0 Å². The van der Waals surface area contributed by atoms with Gasteiger partial charge in [-0.05, 0) is 12.1 Å². The van der Waals surface area contributed by atoms with Gasteiger partial charge in [-0.3, -0.25) is 4.79 Å².